The predicted molar refractivity (Wildman–Crippen MR) is 40.2 cm³/mol. The highest BCUT2D eigenvalue weighted by Gasteiger charge is 2.06. The number of nitrogens with zero attached hydrogens (tertiary/aromatic N) is 1. The highest BCUT2D eigenvalue weighted by atomic mass is 32.2. The first-order valence-corrected chi connectivity index (χ1v) is 4.55. The lowest BCUT2D eigenvalue weighted by atomic mass is 10.5. The molecule has 0 rings (SSSR count). The summed E-state index contributed by atoms with van der Waals surface area (Å²) in [5.74, 6) is -0.210. The zero-order valence-electron chi connectivity index (χ0n) is 5.99. The van der Waals surface area contributed by atoms with E-state index >= 15 is 0 Å². The smallest absolute Gasteiger partial charge is 0.269 e. The molecule has 0 aromatic carbocycles. The summed E-state index contributed by atoms with van der Waals surface area (Å²) in [4.78, 5) is 0. The monoisotopic (exact) mass is 175 g/mol. The Balaban J connectivity index is 3.76. The Kier molecular flexibility index (Phi) is 4.50. The zero-order valence-corrected chi connectivity index (χ0v) is 6.80. The lowest BCUT2D eigenvalue weighted by Crippen LogP contribution is -2.09. The van der Waals surface area contributed by atoms with Gasteiger partial charge in [0.25, 0.3) is 10.1 Å². The molecule has 4 nitrogen and oxygen atoms in total. The van der Waals surface area contributed by atoms with Crippen LogP contribution in [-0.2, 0) is 14.3 Å². The molecule has 0 aliphatic rings. The zero-order chi connectivity index (χ0) is 8.74. The van der Waals surface area contributed by atoms with Crippen LogP contribution >= 0.6 is 0 Å². The van der Waals surface area contributed by atoms with Crippen molar-refractivity contribution in [3.8, 4) is 6.07 Å². The first-order chi connectivity index (χ1) is 5.12. The van der Waals surface area contributed by atoms with Crippen LogP contribution in [0, 0.1) is 11.3 Å². The molecule has 0 spiro atoms. The van der Waals surface area contributed by atoms with E-state index in [1.807, 2.05) is 0 Å². The fourth-order valence-electron chi connectivity index (χ4n) is 0.407. The number of rotatable bonds is 5. The molecule has 0 aliphatic heterocycles. The van der Waals surface area contributed by atoms with Crippen LogP contribution in [0.25, 0.3) is 0 Å². The molecule has 0 aromatic heterocycles. The van der Waals surface area contributed by atoms with Crippen molar-refractivity contribution in [1.82, 2.24) is 0 Å². The van der Waals surface area contributed by atoms with Gasteiger partial charge in [-0.15, -0.1) is 6.58 Å². The minimum Gasteiger partial charge on any atom is -0.269 e. The SMILES string of the molecule is C=CCS(=O)(=O)OCCC#N. The average molecular weight is 175 g/mol. The summed E-state index contributed by atoms with van der Waals surface area (Å²) < 4.78 is 25.8. The van der Waals surface area contributed by atoms with E-state index in [1.54, 1.807) is 6.07 Å². The van der Waals surface area contributed by atoms with E-state index in [0.29, 0.717) is 0 Å². The normalized spacial score (nSPS) is 10.5. The minimum absolute atomic E-state index is 0.0767. The van der Waals surface area contributed by atoms with Crippen LogP contribution in [0.5, 0.6) is 0 Å². The van der Waals surface area contributed by atoms with Crippen molar-refractivity contribution in [3.63, 3.8) is 0 Å². The summed E-state index contributed by atoms with van der Waals surface area (Å²) in [6, 6.07) is 1.77. The average Bonchev–Trinajstić information content (AvgIpc) is 1.87. The summed E-state index contributed by atoms with van der Waals surface area (Å²) in [5, 5.41) is 8.05. The van der Waals surface area contributed by atoms with Gasteiger partial charge in [0.1, 0.15) is 0 Å². The molecule has 0 unspecified atom stereocenters. The Morgan fingerprint density at radius 3 is 2.73 bits per heavy atom. The van der Waals surface area contributed by atoms with Crippen molar-refractivity contribution >= 4 is 10.1 Å². The van der Waals surface area contributed by atoms with Crippen molar-refractivity contribution in [2.75, 3.05) is 12.4 Å². The Bertz CT molecular complexity index is 249. The molecule has 11 heavy (non-hydrogen) atoms. The number of nitriles is 1. The minimum atomic E-state index is -3.47. The van der Waals surface area contributed by atoms with Gasteiger partial charge in [0.2, 0.25) is 0 Å². The van der Waals surface area contributed by atoms with E-state index in [9.17, 15) is 8.42 Å². The molecular weight excluding hydrogens is 166 g/mol. The van der Waals surface area contributed by atoms with Gasteiger partial charge in [-0.2, -0.15) is 13.7 Å². The topological polar surface area (TPSA) is 67.2 Å². The Morgan fingerprint density at radius 1 is 1.64 bits per heavy atom. The number of hydrogen-bond acceptors (Lipinski definition) is 4. The molecule has 0 saturated heterocycles. The van der Waals surface area contributed by atoms with Crippen molar-refractivity contribution in [3.05, 3.63) is 12.7 Å². The predicted octanol–water partition coefficient (Wildman–Crippen LogP) is 0.432. The van der Waals surface area contributed by atoms with Crippen LogP contribution in [-0.4, -0.2) is 20.8 Å². The molecular formula is C6H9NO3S. The maximum Gasteiger partial charge on any atom is 0.270 e. The lowest BCUT2D eigenvalue weighted by molar-refractivity contribution is 0.328. The first kappa shape index (κ1) is 10.1. The van der Waals surface area contributed by atoms with E-state index in [1.165, 1.54) is 6.08 Å². The second-order valence-electron chi connectivity index (χ2n) is 1.74. The molecule has 0 fully saturated rings. The first-order valence-electron chi connectivity index (χ1n) is 2.97. The second-order valence-corrected chi connectivity index (χ2v) is 3.43. The van der Waals surface area contributed by atoms with E-state index in [4.69, 9.17) is 5.26 Å². The summed E-state index contributed by atoms with van der Waals surface area (Å²) in [6.07, 6.45) is 1.32. The standard InChI is InChI=1S/C6H9NO3S/c1-2-6-11(8,9)10-5-3-4-7/h2H,1,3,5-6H2. The fourth-order valence-corrected chi connectivity index (χ4v) is 1.13. The van der Waals surface area contributed by atoms with Crippen LogP contribution < -0.4 is 0 Å². The van der Waals surface area contributed by atoms with Crippen LogP contribution in [0.2, 0.25) is 0 Å². The van der Waals surface area contributed by atoms with E-state index in [2.05, 4.69) is 10.8 Å². The summed E-state index contributed by atoms with van der Waals surface area (Å²) >= 11 is 0. The maximum atomic E-state index is 10.7. The Labute approximate surface area is 66.2 Å². The molecule has 0 heterocycles. The second kappa shape index (κ2) is 4.88. The largest absolute Gasteiger partial charge is 0.270 e. The van der Waals surface area contributed by atoms with Crippen LogP contribution in [0.1, 0.15) is 6.42 Å². The summed E-state index contributed by atoms with van der Waals surface area (Å²) in [7, 11) is -3.47. The summed E-state index contributed by atoms with van der Waals surface area (Å²) in [5.41, 5.74) is 0. The van der Waals surface area contributed by atoms with E-state index in [0.717, 1.165) is 0 Å². The van der Waals surface area contributed by atoms with Gasteiger partial charge in [0.05, 0.1) is 24.8 Å². The number of hydrogen-bond donors (Lipinski definition) is 0. The highest BCUT2D eigenvalue weighted by Crippen LogP contribution is 1.94. The molecule has 0 N–H and O–H groups in total. The molecule has 0 aromatic rings. The molecule has 5 heteroatoms. The molecule has 0 aliphatic carbocycles. The molecule has 62 valence electrons. The summed E-state index contributed by atoms with van der Waals surface area (Å²) in [6.45, 7) is 3.17. The van der Waals surface area contributed by atoms with Gasteiger partial charge in [-0.1, -0.05) is 6.08 Å². The molecule has 0 saturated carbocycles. The van der Waals surface area contributed by atoms with Crippen LogP contribution in [0.4, 0.5) is 0 Å². The van der Waals surface area contributed by atoms with Crippen molar-refractivity contribution in [2.24, 2.45) is 0 Å². The van der Waals surface area contributed by atoms with Crippen molar-refractivity contribution in [1.29, 1.82) is 5.26 Å². The van der Waals surface area contributed by atoms with E-state index in [-0.39, 0.29) is 18.8 Å². The Hall–Kier alpha value is -0.860. The highest BCUT2D eigenvalue weighted by molar-refractivity contribution is 7.86. The van der Waals surface area contributed by atoms with E-state index < -0.39 is 10.1 Å². The molecule has 0 amide bonds. The quantitative estimate of drug-likeness (QED) is 0.345. The van der Waals surface area contributed by atoms with Crippen molar-refractivity contribution < 1.29 is 12.6 Å². The van der Waals surface area contributed by atoms with Gasteiger partial charge in [0, 0.05) is 0 Å². The van der Waals surface area contributed by atoms with Gasteiger partial charge >= 0.3 is 0 Å². The van der Waals surface area contributed by atoms with Crippen LogP contribution in [0.15, 0.2) is 12.7 Å². The third-order valence-electron chi connectivity index (χ3n) is 0.799. The van der Waals surface area contributed by atoms with Gasteiger partial charge in [-0.05, 0) is 0 Å². The maximum absolute atomic E-state index is 10.7. The van der Waals surface area contributed by atoms with Gasteiger partial charge in [-0.25, -0.2) is 0 Å². The third kappa shape index (κ3) is 5.58. The van der Waals surface area contributed by atoms with Crippen LogP contribution in [0.3, 0.4) is 0 Å². The van der Waals surface area contributed by atoms with Gasteiger partial charge < -0.3 is 0 Å². The molecule has 0 radical (unpaired) electrons. The van der Waals surface area contributed by atoms with Gasteiger partial charge in [0.15, 0.2) is 0 Å². The third-order valence-corrected chi connectivity index (χ3v) is 1.97. The van der Waals surface area contributed by atoms with Gasteiger partial charge in [-0.3, -0.25) is 4.18 Å². The van der Waals surface area contributed by atoms with Crippen molar-refractivity contribution in [2.45, 2.75) is 6.42 Å². The lowest BCUT2D eigenvalue weighted by Gasteiger charge is -1.98. The molecule has 0 atom stereocenters. The fraction of sp³-hybridized carbons (Fsp3) is 0.500. The Morgan fingerprint density at radius 2 is 2.27 bits per heavy atom. The molecule has 0 bridgehead atoms.